The van der Waals surface area contributed by atoms with Crippen LogP contribution in [0.2, 0.25) is 0 Å². The Morgan fingerprint density at radius 2 is 1.82 bits per heavy atom. The summed E-state index contributed by atoms with van der Waals surface area (Å²) >= 11 is 0. The Kier molecular flexibility index (Phi) is 5.49. The molecule has 4 N–H and O–H groups in total. The molecule has 13 heteroatoms. The van der Waals surface area contributed by atoms with Gasteiger partial charge in [0.25, 0.3) is 5.91 Å². The third-order valence-corrected chi connectivity index (χ3v) is 7.55. The van der Waals surface area contributed by atoms with Crippen molar-refractivity contribution in [1.82, 2.24) is 44.6 Å². The fraction of sp³-hybridized carbons (Fsp3) is 0.440. The van der Waals surface area contributed by atoms with Crippen molar-refractivity contribution < 1.29 is 14.7 Å². The molecule has 1 amide bonds. The van der Waals surface area contributed by atoms with Gasteiger partial charge in [0, 0.05) is 41.5 Å². The molecule has 2 saturated heterocycles. The van der Waals surface area contributed by atoms with E-state index in [0.717, 1.165) is 12.8 Å². The fourth-order valence-electron chi connectivity index (χ4n) is 5.84. The van der Waals surface area contributed by atoms with E-state index >= 15 is 0 Å². The first-order chi connectivity index (χ1) is 18.1. The Morgan fingerprint density at radius 3 is 2.39 bits per heavy atom. The molecule has 2 aliphatic rings. The minimum absolute atomic E-state index is 0.00238. The van der Waals surface area contributed by atoms with Crippen molar-refractivity contribution in [3.05, 3.63) is 47.8 Å². The molecule has 6 rings (SSSR count). The number of nitrogen functional groups attached to an aromatic ring is 1. The highest BCUT2D eigenvalue weighted by molar-refractivity contribution is 6.00. The lowest BCUT2D eigenvalue weighted by atomic mass is 9.85. The summed E-state index contributed by atoms with van der Waals surface area (Å²) in [5, 5.41) is 22.2. The van der Waals surface area contributed by atoms with Crippen LogP contribution in [0.4, 0.5) is 5.82 Å². The summed E-state index contributed by atoms with van der Waals surface area (Å²) in [6.07, 6.45) is 9.31. The smallest absolute Gasteiger partial charge is 0.292 e. The van der Waals surface area contributed by atoms with E-state index < -0.39 is 5.60 Å². The van der Waals surface area contributed by atoms with Gasteiger partial charge in [0.1, 0.15) is 17.7 Å². The van der Waals surface area contributed by atoms with Crippen LogP contribution in [0.3, 0.4) is 0 Å². The predicted octanol–water partition coefficient (Wildman–Crippen LogP) is 1.87. The van der Waals surface area contributed by atoms with Crippen LogP contribution < -0.4 is 5.73 Å². The van der Waals surface area contributed by atoms with E-state index in [-0.39, 0.29) is 41.3 Å². The van der Waals surface area contributed by atoms with E-state index in [9.17, 15) is 14.7 Å². The van der Waals surface area contributed by atoms with Crippen LogP contribution in [0.1, 0.15) is 84.9 Å². The molecule has 4 aromatic heterocycles. The monoisotopic (exact) mass is 516 g/mol. The van der Waals surface area contributed by atoms with Gasteiger partial charge in [-0.2, -0.15) is 9.61 Å². The lowest BCUT2D eigenvalue weighted by Gasteiger charge is -2.38. The zero-order valence-electron chi connectivity index (χ0n) is 21.3. The van der Waals surface area contributed by atoms with Crippen molar-refractivity contribution in [3.8, 4) is 11.1 Å². The SMILES string of the molecule is CC(=O)c1c([C@@H]2C[C@H]3CC[C@@H](C2)N3C(=O)c2nnc[nH]2)nc2c(-c3cnc(C(C)(C)O)nc3)cnn2c1N. The van der Waals surface area contributed by atoms with Crippen LogP contribution >= 0.6 is 0 Å². The number of Topliss-reactive ketones (excluding diaryl/α,β-unsaturated/α-hetero) is 1. The van der Waals surface area contributed by atoms with Crippen molar-refractivity contribution in [2.45, 2.75) is 70.1 Å². The molecule has 4 aromatic rings. The number of piperidine rings is 1. The summed E-state index contributed by atoms with van der Waals surface area (Å²) < 4.78 is 1.47. The molecule has 0 aliphatic carbocycles. The quantitative estimate of drug-likeness (QED) is 0.331. The highest BCUT2D eigenvalue weighted by Crippen LogP contribution is 2.45. The normalized spacial score (nSPS) is 21.3. The summed E-state index contributed by atoms with van der Waals surface area (Å²) in [5.74, 6) is 0.353. The molecule has 2 aliphatic heterocycles. The van der Waals surface area contributed by atoms with Gasteiger partial charge in [-0.15, -0.1) is 10.2 Å². The van der Waals surface area contributed by atoms with Gasteiger partial charge in [0.2, 0.25) is 5.82 Å². The molecule has 2 bridgehead atoms. The van der Waals surface area contributed by atoms with Gasteiger partial charge in [-0.05, 0) is 46.5 Å². The van der Waals surface area contributed by atoms with Gasteiger partial charge < -0.3 is 20.7 Å². The van der Waals surface area contributed by atoms with Crippen molar-refractivity contribution >= 4 is 23.2 Å². The zero-order chi connectivity index (χ0) is 26.8. The van der Waals surface area contributed by atoms with E-state index in [2.05, 4.69) is 30.2 Å². The Morgan fingerprint density at radius 1 is 1.13 bits per heavy atom. The van der Waals surface area contributed by atoms with Gasteiger partial charge in [-0.25, -0.2) is 15.0 Å². The molecule has 0 unspecified atom stereocenters. The lowest BCUT2D eigenvalue weighted by Crippen LogP contribution is -2.46. The predicted molar refractivity (Wildman–Crippen MR) is 135 cm³/mol. The minimum Gasteiger partial charge on any atom is -0.383 e. The molecule has 13 nitrogen and oxygen atoms in total. The number of carbonyl (C=O) groups is 2. The number of hydrogen-bond acceptors (Lipinski definition) is 10. The molecule has 0 aromatic carbocycles. The van der Waals surface area contributed by atoms with Gasteiger partial charge in [-0.3, -0.25) is 9.59 Å². The number of nitrogens with zero attached hydrogens (tertiary/aromatic N) is 8. The molecule has 38 heavy (non-hydrogen) atoms. The second-order valence-corrected chi connectivity index (χ2v) is 10.6. The van der Waals surface area contributed by atoms with E-state index in [1.165, 1.54) is 17.8 Å². The summed E-state index contributed by atoms with van der Waals surface area (Å²) in [6.45, 7) is 4.72. The highest BCUT2D eigenvalue weighted by Gasteiger charge is 2.45. The number of amides is 1. The van der Waals surface area contributed by atoms with Crippen molar-refractivity contribution in [1.29, 1.82) is 0 Å². The molecule has 0 spiro atoms. The second-order valence-electron chi connectivity index (χ2n) is 10.6. The van der Waals surface area contributed by atoms with Gasteiger partial charge in [0.15, 0.2) is 17.3 Å². The zero-order valence-corrected chi connectivity index (χ0v) is 21.3. The van der Waals surface area contributed by atoms with E-state index in [1.807, 2.05) is 4.90 Å². The number of nitrogens with two attached hydrogens (primary N) is 1. The molecule has 3 atom stereocenters. The first-order valence-electron chi connectivity index (χ1n) is 12.6. The van der Waals surface area contributed by atoms with Gasteiger partial charge >= 0.3 is 0 Å². The molecule has 0 saturated carbocycles. The molecule has 6 heterocycles. The number of aliphatic hydroxyl groups is 1. The standard InChI is InChI=1S/C25H28N10O3/c1-12(36)18-19(13-6-15-4-5-16(7-13)34(15)23(37)21-29-11-30-33-21)32-22-17(10-31-35(22)20(18)26)14-8-27-24(28-9-14)25(2,3)38/h8-11,13,15-16,38H,4-7,26H2,1-3H3,(H,29,30,33)/t13-,15-,16+. The summed E-state index contributed by atoms with van der Waals surface area (Å²) in [4.78, 5) is 44.2. The van der Waals surface area contributed by atoms with Crippen LogP contribution in [0.25, 0.3) is 16.8 Å². The summed E-state index contributed by atoms with van der Waals surface area (Å²) in [6, 6.07) is 0.00476. The van der Waals surface area contributed by atoms with Crippen LogP contribution in [0, 0.1) is 0 Å². The second kappa shape index (κ2) is 8.65. The Labute approximate surface area is 217 Å². The number of carbonyl (C=O) groups excluding carboxylic acids is 2. The van der Waals surface area contributed by atoms with Crippen molar-refractivity contribution in [3.63, 3.8) is 0 Å². The minimum atomic E-state index is -1.17. The maximum absolute atomic E-state index is 13.1. The average molecular weight is 517 g/mol. The average Bonchev–Trinajstić information content (AvgIpc) is 3.61. The number of hydrogen-bond donors (Lipinski definition) is 3. The Bertz CT molecular complexity index is 1520. The van der Waals surface area contributed by atoms with Crippen LogP contribution in [-0.2, 0) is 5.60 Å². The number of ketones is 1. The molecule has 196 valence electrons. The van der Waals surface area contributed by atoms with Gasteiger partial charge in [0.05, 0.1) is 17.5 Å². The number of aromatic nitrogens is 8. The first-order valence-corrected chi connectivity index (χ1v) is 12.6. The van der Waals surface area contributed by atoms with Crippen molar-refractivity contribution in [2.24, 2.45) is 0 Å². The largest absolute Gasteiger partial charge is 0.383 e. The van der Waals surface area contributed by atoms with Crippen LogP contribution in [0.15, 0.2) is 24.9 Å². The number of aromatic amines is 1. The molecular formula is C25H28N10O3. The maximum atomic E-state index is 13.1. The topological polar surface area (TPSA) is 181 Å². The maximum Gasteiger partial charge on any atom is 0.292 e. The van der Waals surface area contributed by atoms with Crippen molar-refractivity contribution in [2.75, 3.05) is 5.73 Å². The number of H-pyrrole nitrogens is 1. The molecule has 0 radical (unpaired) electrons. The summed E-state index contributed by atoms with van der Waals surface area (Å²) in [7, 11) is 0. The lowest BCUT2D eigenvalue weighted by molar-refractivity contribution is 0.0556. The highest BCUT2D eigenvalue weighted by atomic mass is 16.3. The fourth-order valence-corrected chi connectivity index (χ4v) is 5.84. The Balaban J connectivity index is 1.39. The Hall–Kier alpha value is -4.26. The number of anilines is 1. The number of nitrogens with one attached hydrogen (secondary N) is 1. The van der Waals surface area contributed by atoms with E-state index in [0.29, 0.717) is 46.7 Å². The molecular weight excluding hydrogens is 488 g/mol. The summed E-state index contributed by atoms with van der Waals surface area (Å²) in [5.41, 5.74) is 8.15. The van der Waals surface area contributed by atoms with Crippen LogP contribution in [-0.4, -0.2) is 73.5 Å². The number of rotatable bonds is 5. The molecule has 2 fully saturated rings. The van der Waals surface area contributed by atoms with Gasteiger partial charge in [-0.1, -0.05) is 0 Å². The van der Waals surface area contributed by atoms with E-state index in [4.69, 9.17) is 10.7 Å². The third kappa shape index (κ3) is 3.81. The van der Waals surface area contributed by atoms with E-state index in [1.54, 1.807) is 32.4 Å². The third-order valence-electron chi connectivity index (χ3n) is 7.55. The first kappa shape index (κ1) is 24.1. The van der Waals surface area contributed by atoms with Crippen LogP contribution in [0.5, 0.6) is 0 Å². The number of fused-ring (bicyclic) bond motifs is 3.